The van der Waals surface area contributed by atoms with Crippen molar-refractivity contribution in [1.82, 2.24) is 5.32 Å². The van der Waals surface area contributed by atoms with Crippen molar-refractivity contribution < 1.29 is 4.79 Å². The van der Waals surface area contributed by atoms with E-state index in [1.54, 1.807) is 11.8 Å². The van der Waals surface area contributed by atoms with Crippen LogP contribution < -0.4 is 5.32 Å². The first-order valence-electron chi connectivity index (χ1n) is 7.21. The molecule has 21 heavy (non-hydrogen) atoms. The van der Waals surface area contributed by atoms with E-state index in [9.17, 15) is 4.79 Å². The molecule has 3 heteroatoms. The second kappa shape index (κ2) is 5.08. The summed E-state index contributed by atoms with van der Waals surface area (Å²) in [6.07, 6.45) is 2.38. The number of fused-ring (bicyclic) bond motifs is 1. The Morgan fingerprint density at radius 3 is 2.43 bits per heavy atom. The molecule has 0 amide bonds. The second-order valence-electron chi connectivity index (χ2n) is 5.42. The van der Waals surface area contributed by atoms with Gasteiger partial charge in [-0.2, -0.15) is 0 Å². The molecule has 2 aromatic rings. The number of ketones is 1. The number of Topliss-reactive ketones (excluding diaryl/α,β-unsaturated/α-hetero) is 1. The van der Waals surface area contributed by atoms with Crippen LogP contribution in [0.15, 0.2) is 64.4 Å². The van der Waals surface area contributed by atoms with Gasteiger partial charge in [-0.15, -0.1) is 0 Å². The molecule has 0 saturated heterocycles. The fourth-order valence-electron chi connectivity index (χ4n) is 2.50. The van der Waals surface area contributed by atoms with E-state index in [1.165, 1.54) is 12.8 Å². The first kappa shape index (κ1) is 12.7. The molecule has 0 unspecified atom stereocenters. The topological polar surface area (TPSA) is 29.1 Å². The van der Waals surface area contributed by atoms with Gasteiger partial charge >= 0.3 is 0 Å². The zero-order chi connectivity index (χ0) is 14.2. The Hall–Kier alpha value is -2.00. The van der Waals surface area contributed by atoms with Crippen molar-refractivity contribution in [3.8, 4) is 0 Å². The van der Waals surface area contributed by atoms with Crippen LogP contribution in [0.4, 0.5) is 0 Å². The molecule has 2 aromatic carbocycles. The van der Waals surface area contributed by atoms with E-state index in [-0.39, 0.29) is 5.78 Å². The standard InChI is InChI=1S/C18H15NOS/c20-17-14-8-4-5-9-15(14)21-18(17)16(19-13-10-11-13)12-6-2-1-3-7-12/h1-9,13,19H,10-11H2/b18-16+. The molecule has 2 aliphatic rings. The third-order valence-electron chi connectivity index (χ3n) is 3.77. The molecule has 104 valence electrons. The van der Waals surface area contributed by atoms with E-state index < -0.39 is 0 Å². The van der Waals surface area contributed by atoms with Gasteiger partial charge < -0.3 is 5.32 Å². The van der Waals surface area contributed by atoms with E-state index in [4.69, 9.17) is 0 Å². The number of carbonyl (C=O) groups excluding carboxylic acids is 1. The largest absolute Gasteiger partial charge is 0.381 e. The summed E-state index contributed by atoms with van der Waals surface area (Å²) in [5.74, 6) is 0.141. The van der Waals surface area contributed by atoms with Crippen molar-refractivity contribution in [2.75, 3.05) is 0 Å². The monoisotopic (exact) mass is 293 g/mol. The quantitative estimate of drug-likeness (QED) is 0.864. The van der Waals surface area contributed by atoms with Crippen LogP contribution >= 0.6 is 11.8 Å². The Morgan fingerprint density at radius 1 is 1.00 bits per heavy atom. The highest BCUT2D eigenvalue weighted by molar-refractivity contribution is 8.05. The summed E-state index contributed by atoms with van der Waals surface area (Å²) < 4.78 is 0. The smallest absolute Gasteiger partial charge is 0.202 e. The van der Waals surface area contributed by atoms with E-state index in [2.05, 4.69) is 17.4 Å². The van der Waals surface area contributed by atoms with Crippen LogP contribution in [0, 0.1) is 0 Å². The van der Waals surface area contributed by atoms with Crippen LogP contribution in [-0.4, -0.2) is 11.8 Å². The lowest BCUT2D eigenvalue weighted by molar-refractivity contribution is 0.104. The molecule has 0 spiro atoms. The highest BCUT2D eigenvalue weighted by Crippen LogP contribution is 2.43. The summed E-state index contributed by atoms with van der Waals surface area (Å²) in [4.78, 5) is 14.6. The lowest BCUT2D eigenvalue weighted by atomic mass is 10.1. The Morgan fingerprint density at radius 2 is 1.71 bits per heavy atom. The number of benzene rings is 2. The lowest BCUT2D eigenvalue weighted by Gasteiger charge is -2.13. The molecular weight excluding hydrogens is 278 g/mol. The van der Waals surface area contributed by atoms with Gasteiger partial charge in [0.1, 0.15) is 0 Å². The van der Waals surface area contributed by atoms with Gasteiger partial charge in [0.15, 0.2) is 0 Å². The summed E-state index contributed by atoms with van der Waals surface area (Å²) in [7, 11) is 0. The molecule has 2 nitrogen and oxygen atoms in total. The van der Waals surface area contributed by atoms with E-state index in [0.717, 1.165) is 26.6 Å². The minimum atomic E-state index is 0.141. The van der Waals surface area contributed by atoms with Crippen molar-refractivity contribution >= 4 is 23.2 Å². The van der Waals surface area contributed by atoms with Crippen LogP contribution in [0.5, 0.6) is 0 Å². The SMILES string of the molecule is O=C1/C(=C(\NC2CC2)c2ccccc2)Sc2ccccc21. The van der Waals surface area contributed by atoms with E-state index >= 15 is 0 Å². The van der Waals surface area contributed by atoms with Crippen LogP contribution in [-0.2, 0) is 0 Å². The third-order valence-corrected chi connectivity index (χ3v) is 4.93. The highest BCUT2D eigenvalue weighted by Gasteiger charge is 2.31. The first-order chi connectivity index (χ1) is 10.3. The van der Waals surface area contributed by atoms with Crippen molar-refractivity contribution in [1.29, 1.82) is 0 Å². The number of rotatable bonds is 3. The molecule has 0 aromatic heterocycles. The molecule has 1 heterocycles. The van der Waals surface area contributed by atoms with Gasteiger partial charge in [0.25, 0.3) is 0 Å². The Balaban J connectivity index is 1.81. The number of carbonyl (C=O) groups is 1. The average molecular weight is 293 g/mol. The summed E-state index contributed by atoms with van der Waals surface area (Å²) in [6, 6.07) is 18.5. The molecule has 1 fully saturated rings. The van der Waals surface area contributed by atoms with E-state index in [0.29, 0.717) is 6.04 Å². The first-order valence-corrected chi connectivity index (χ1v) is 8.02. The van der Waals surface area contributed by atoms with Gasteiger partial charge in [-0.3, -0.25) is 4.79 Å². The maximum atomic E-state index is 12.7. The van der Waals surface area contributed by atoms with Crippen LogP contribution in [0.25, 0.3) is 5.70 Å². The van der Waals surface area contributed by atoms with Crippen molar-refractivity contribution in [3.63, 3.8) is 0 Å². The zero-order valence-electron chi connectivity index (χ0n) is 11.5. The fraction of sp³-hybridized carbons (Fsp3) is 0.167. The highest BCUT2D eigenvalue weighted by atomic mass is 32.2. The Kier molecular flexibility index (Phi) is 3.08. The number of hydrogen-bond acceptors (Lipinski definition) is 3. The van der Waals surface area contributed by atoms with Crippen LogP contribution in [0.3, 0.4) is 0 Å². The molecule has 0 bridgehead atoms. The number of hydrogen-bond donors (Lipinski definition) is 1. The molecular formula is C18H15NOS. The van der Waals surface area contributed by atoms with Crippen LogP contribution in [0.2, 0.25) is 0 Å². The Labute approximate surface area is 128 Å². The van der Waals surface area contributed by atoms with Crippen molar-refractivity contribution in [2.45, 2.75) is 23.8 Å². The molecule has 1 aliphatic carbocycles. The minimum absolute atomic E-state index is 0.141. The van der Waals surface area contributed by atoms with Gasteiger partial charge in [-0.25, -0.2) is 0 Å². The van der Waals surface area contributed by atoms with Gasteiger partial charge in [0.2, 0.25) is 5.78 Å². The predicted molar refractivity (Wildman–Crippen MR) is 86.1 cm³/mol. The maximum absolute atomic E-state index is 12.7. The third kappa shape index (κ3) is 2.38. The molecule has 1 saturated carbocycles. The predicted octanol–water partition coefficient (Wildman–Crippen LogP) is 4.10. The van der Waals surface area contributed by atoms with Crippen molar-refractivity contribution in [2.24, 2.45) is 0 Å². The number of nitrogens with one attached hydrogen (secondary N) is 1. The fourth-order valence-corrected chi connectivity index (χ4v) is 3.62. The number of thioether (sulfide) groups is 1. The number of allylic oxidation sites excluding steroid dienone is 1. The summed E-state index contributed by atoms with van der Waals surface area (Å²) in [6.45, 7) is 0. The maximum Gasteiger partial charge on any atom is 0.202 e. The minimum Gasteiger partial charge on any atom is -0.381 e. The van der Waals surface area contributed by atoms with Gasteiger partial charge in [-0.05, 0) is 30.5 Å². The van der Waals surface area contributed by atoms with Gasteiger partial charge in [0.05, 0.1) is 10.6 Å². The van der Waals surface area contributed by atoms with Gasteiger partial charge in [0, 0.05) is 16.5 Å². The lowest BCUT2D eigenvalue weighted by Crippen LogP contribution is -2.17. The Bertz CT molecular complexity index is 732. The molecule has 0 atom stereocenters. The van der Waals surface area contributed by atoms with Gasteiger partial charge in [-0.1, -0.05) is 54.2 Å². The molecule has 1 N–H and O–H groups in total. The average Bonchev–Trinajstić information content (AvgIpc) is 3.30. The van der Waals surface area contributed by atoms with Crippen LogP contribution in [0.1, 0.15) is 28.8 Å². The second-order valence-corrected chi connectivity index (χ2v) is 6.47. The molecule has 4 rings (SSSR count). The van der Waals surface area contributed by atoms with Crippen molar-refractivity contribution in [3.05, 3.63) is 70.6 Å². The summed E-state index contributed by atoms with van der Waals surface area (Å²) >= 11 is 1.58. The normalized spacial score (nSPS) is 19.3. The zero-order valence-corrected chi connectivity index (χ0v) is 12.3. The molecule has 0 radical (unpaired) electrons. The van der Waals surface area contributed by atoms with E-state index in [1.807, 2.05) is 42.5 Å². The molecule has 1 aliphatic heterocycles. The summed E-state index contributed by atoms with van der Waals surface area (Å²) in [5.41, 5.74) is 2.90. The summed E-state index contributed by atoms with van der Waals surface area (Å²) in [5, 5.41) is 3.55.